The molecule has 0 aliphatic rings. The van der Waals surface area contributed by atoms with Gasteiger partial charge < -0.3 is 5.73 Å². The highest BCUT2D eigenvalue weighted by Gasteiger charge is 2.10. The predicted molar refractivity (Wildman–Crippen MR) is 66.8 cm³/mol. The minimum absolute atomic E-state index is 0.0669. The number of benzene rings is 1. The molecule has 0 saturated heterocycles. The standard InChI is InChI=1S/C13H13NS/c1-2-3-7-12(14)11-9-15-13-8-5-4-6-10(11)13/h1,4-6,8-9,12H,3,7,14H2. The molecule has 2 aromatic rings. The Kier molecular flexibility index (Phi) is 3.05. The summed E-state index contributed by atoms with van der Waals surface area (Å²) in [7, 11) is 0. The zero-order chi connectivity index (χ0) is 10.7. The lowest BCUT2D eigenvalue weighted by Gasteiger charge is -2.08. The van der Waals surface area contributed by atoms with Gasteiger partial charge in [0, 0.05) is 17.2 Å². The van der Waals surface area contributed by atoms with Gasteiger partial charge in [-0.2, -0.15) is 0 Å². The van der Waals surface area contributed by atoms with Crippen LogP contribution < -0.4 is 5.73 Å². The number of rotatable bonds is 3. The Labute approximate surface area is 93.9 Å². The second kappa shape index (κ2) is 4.48. The average Bonchev–Trinajstić information content (AvgIpc) is 2.69. The number of hydrogen-bond donors (Lipinski definition) is 1. The number of nitrogens with two attached hydrogens (primary N) is 1. The molecule has 1 aromatic carbocycles. The van der Waals surface area contributed by atoms with E-state index in [2.05, 4.69) is 29.5 Å². The smallest absolute Gasteiger partial charge is 0.0346 e. The molecule has 2 rings (SSSR count). The van der Waals surface area contributed by atoms with Crippen LogP contribution in [0.3, 0.4) is 0 Å². The molecular weight excluding hydrogens is 202 g/mol. The van der Waals surface area contributed by atoms with E-state index in [0.29, 0.717) is 0 Å². The number of thiophene rings is 1. The summed E-state index contributed by atoms with van der Waals surface area (Å²) >= 11 is 1.74. The number of fused-ring (bicyclic) bond motifs is 1. The molecule has 2 N–H and O–H groups in total. The highest BCUT2D eigenvalue weighted by atomic mass is 32.1. The Morgan fingerprint density at radius 2 is 2.20 bits per heavy atom. The quantitative estimate of drug-likeness (QED) is 0.781. The number of terminal acetylenes is 1. The van der Waals surface area contributed by atoms with Crippen molar-refractivity contribution in [2.45, 2.75) is 18.9 Å². The van der Waals surface area contributed by atoms with Gasteiger partial charge in [-0.05, 0) is 28.8 Å². The summed E-state index contributed by atoms with van der Waals surface area (Å²) in [6.07, 6.45) is 6.84. The molecule has 2 heteroatoms. The van der Waals surface area contributed by atoms with Gasteiger partial charge in [0.15, 0.2) is 0 Å². The summed E-state index contributed by atoms with van der Waals surface area (Å²) in [5.74, 6) is 2.63. The molecule has 0 aliphatic carbocycles. The molecule has 0 aliphatic heterocycles. The van der Waals surface area contributed by atoms with Crippen molar-refractivity contribution in [1.82, 2.24) is 0 Å². The largest absolute Gasteiger partial charge is 0.324 e. The lowest BCUT2D eigenvalue weighted by molar-refractivity contribution is 0.674. The normalized spacial score (nSPS) is 12.5. The van der Waals surface area contributed by atoms with Gasteiger partial charge in [0.05, 0.1) is 0 Å². The zero-order valence-corrected chi connectivity index (χ0v) is 9.26. The summed E-state index contributed by atoms with van der Waals surface area (Å²) in [5, 5.41) is 3.42. The Hall–Kier alpha value is -1.30. The fourth-order valence-corrected chi connectivity index (χ4v) is 2.71. The van der Waals surface area contributed by atoms with E-state index in [1.165, 1.54) is 15.6 Å². The Bertz CT molecular complexity index is 492. The van der Waals surface area contributed by atoms with Gasteiger partial charge in [0.1, 0.15) is 0 Å². The van der Waals surface area contributed by atoms with E-state index in [-0.39, 0.29) is 6.04 Å². The maximum atomic E-state index is 6.10. The molecule has 0 radical (unpaired) electrons. The highest BCUT2D eigenvalue weighted by Crippen LogP contribution is 2.30. The van der Waals surface area contributed by atoms with Crippen LogP contribution >= 0.6 is 11.3 Å². The predicted octanol–water partition coefficient (Wildman–Crippen LogP) is 3.31. The van der Waals surface area contributed by atoms with E-state index in [0.717, 1.165) is 12.8 Å². The van der Waals surface area contributed by atoms with Crippen LogP contribution in [0.15, 0.2) is 29.6 Å². The topological polar surface area (TPSA) is 26.0 Å². The average molecular weight is 215 g/mol. The molecule has 0 fully saturated rings. The van der Waals surface area contributed by atoms with E-state index in [4.69, 9.17) is 12.2 Å². The maximum absolute atomic E-state index is 6.10. The third-order valence-corrected chi connectivity index (χ3v) is 3.49. The Morgan fingerprint density at radius 1 is 1.40 bits per heavy atom. The van der Waals surface area contributed by atoms with Crippen molar-refractivity contribution in [1.29, 1.82) is 0 Å². The van der Waals surface area contributed by atoms with Crippen molar-refractivity contribution in [3.05, 3.63) is 35.2 Å². The van der Waals surface area contributed by atoms with Crippen molar-refractivity contribution in [3.63, 3.8) is 0 Å². The van der Waals surface area contributed by atoms with Gasteiger partial charge in [-0.15, -0.1) is 23.7 Å². The van der Waals surface area contributed by atoms with Crippen molar-refractivity contribution in [3.8, 4) is 12.3 Å². The van der Waals surface area contributed by atoms with Crippen molar-refractivity contribution < 1.29 is 0 Å². The first-order chi connectivity index (χ1) is 7.33. The first kappa shape index (κ1) is 10.2. The minimum Gasteiger partial charge on any atom is -0.324 e. The monoisotopic (exact) mass is 215 g/mol. The second-order valence-electron chi connectivity index (χ2n) is 3.54. The molecule has 0 bridgehead atoms. The maximum Gasteiger partial charge on any atom is 0.0346 e. The van der Waals surface area contributed by atoms with Gasteiger partial charge >= 0.3 is 0 Å². The minimum atomic E-state index is 0.0669. The van der Waals surface area contributed by atoms with Crippen LogP contribution in [0.2, 0.25) is 0 Å². The molecule has 1 atom stereocenters. The van der Waals surface area contributed by atoms with Crippen molar-refractivity contribution in [2.75, 3.05) is 0 Å². The van der Waals surface area contributed by atoms with Crippen LogP contribution in [0.1, 0.15) is 24.4 Å². The third kappa shape index (κ3) is 2.04. The van der Waals surface area contributed by atoms with Gasteiger partial charge in [-0.3, -0.25) is 0 Å². The Balaban J connectivity index is 2.32. The molecule has 0 amide bonds. The first-order valence-electron chi connectivity index (χ1n) is 4.98. The molecule has 1 nitrogen and oxygen atoms in total. The van der Waals surface area contributed by atoms with Crippen LogP contribution in [0.5, 0.6) is 0 Å². The van der Waals surface area contributed by atoms with Gasteiger partial charge in [0.2, 0.25) is 0 Å². The summed E-state index contributed by atoms with van der Waals surface area (Å²) in [6, 6.07) is 8.41. The van der Waals surface area contributed by atoms with Crippen molar-refractivity contribution in [2.24, 2.45) is 5.73 Å². The van der Waals surface area contributed by atoms with E-state index in [1.807, 2.05) is 6.07 Å². The number of hydrogen-bond acceptors (Lipinski definition) is 2. The molecule has 1 aromatic heterocycles. The van der Waals surface area contributed by atoms with E-state index < -0.39 is 0 Å². The van der Waals surface area contributed by atoms with E-state index >= 15 is 0 Å². The summed E-state index contributed by atoms with van der Waals surface area (Å²) in [4.78, 5) is 0. The highest BCUT2D eigenvalue weighted by molar-refractivity contribution is 7.17. The third-order valence-electron chi connectivity index (χ3n) is 2.51. The van der Waals surface area contributed by atoms with Crippen molar-refractivity contribution >= 4 is 21.4 Å². The lowest BCUT2D eigenvalue weighted by atomic mass is 10.0. The fraction of sp³-hybridized carbons (Fsp3) is 0.231. The molecule has 76 valence electrons. The molecule has 1 unspecified atom stereocenters. The van der Waals surface area contributed by atoms with Crippen LogP contribution in [0.4, 0.5) is 0 Å². The van der Waals surface area contributed by atoms with Gasteiger partial charge in [0.25, 0.3) is 0 Å². The van der Waals surface area contributed by atoms with Crippen LogP contribution in [-0.2, 0) is 0 Å². The summed E-state index contributed by atoms with van der Waals surface area (Å²) in [5.41, 5.74) is 7.33. The molecule has 0 saturated carbocycles. The zero-order valence-electron chi connectivity index (χ0n) is 8.44. The molecule has 1 heterocycles. The SMILES string of the molecule is C#CCCC(N)c1csc2ccccc12. The fourth-order valence-electron chi connectivity index (χ4n) is 1.68. The van der Waals surface area contributed by atoms with Crippen LogP contribution in [0.25, 0.3) is 10.1 Å². The van der Waals surface area contributed by atoms with Crippen LogP contribution in [0, 0.1) is 12.3 Å². The van der Waals surface area contributed by atoms with E-state index in [9.17, 15) is 0 Å². The van der Waals surface area contributed by atoms with Gasteiger partial charge in [-0.1, -0.05) is 18.2 Å². The molecule has 0 spiro atoms. The summed E-state index contributed by atoms with van der Waals surface area (Å²) in [6.45, 7) is 0. The van der Waals surface area contributed by atoms with Crippen LogP contribution in [-0.4, -0.2) is 0 Å². The summed E-state index contributed by atoms with van der Waals surface area (Å²) < 4.78 is 1.30. The van der Waals surface area contributed by atoms with Gasteiger partial charge in [-0.25, -0.2) is 0 Å². The van der Waals surface area contributed by atoms with E-state index in [1.54, 1.807) is 11.3 Å². The second-order valence-corrected chi connectivity index (χ2v) is 4.45. The molecule has 15 heavy (non-hydrogen) atoms. The lowest BCUT2D eigenvalue weighted by Crippen LogP contribution is -2.08. The first-order valence-corrected chi connectivity index (χ1v) is 5.86. The Morgan fingerprint density at radius 3 is 3.00 bits per heavy atom. The molecular formula is C13H13NS.